The van der Waals surface area contributed by atoms with Crippen molar-refractivity contribution in [2.45, 2.75) is 25.9 Å². The van der Waals surface area contributed by atoms with Crippen LogP contribution < -0.4 is 19.9 Å². The third-order valence-electron chi connectivity index (χ3n) is 9.45. The first-order valence-electron chi connectivity index (χ1n) is 18.1. The summed E-state index contributed by atoms with van der Waals surface area (Å²) in [5.41, 5.74) is 6.38. The van der Waals surface area contributed by atoms with Crippen LogP contribution in [-0.2, 0) is 39.7 Å². The zero-order chi connectivity index (χ0) is 46.6. The van der Waals surface area contributed by atoms with E-state index in [0.29, 0.717) is 11.1 Å². The summed E-state index contributed by atoms with van der Waals surface area (Å²) in [5, 5.41) is 16.4. The van der Waals surface area contributed by atoms with Gasteiger partial charge < -0.3 is 10.5 Å². The summed E-state index contributed by atoms with van der Waals surface area (Å²) in [6, 6.07) is 26.3. The van der Waals surface area contributed by atoms with E-state index in [1.54, 1.807) is 24.3 Å². The van der Waals surface area contributed by atoms with Gasteiger partial charge in [-0.05, 0) is 113 Å². The van der Waals surface area contributed by atoms with Crippen molar-refractivity contribution < 1.29 is 51.6 Å². The number of aromatic amines is 1. The van der Waals surface area contributed by atoms with Gasteiger partial charge in [-0.15, -0.1) is 13.2 Å². The molecule has 1 aromatic heterocycles. The topological polar surface area (TPSA) is 248 Å². The molecular formula is C41H32F3IN6O9S4. The van der Waals surface area contributed by atoms with E-state index < -0.39 is 71.4 Å². The Morgan fingerprint density at radius 2 is 1.22 bits per heavy atom. The number of nitrogen functional groups attached to an aromatic ring is 1. The van der Waals surface area contributed by atoms with E-state index in [0.717, 1.165) is 52.5 Å². The minimum atomic E-state index is -5.22. The van der Waals surface area contributed by atoms with Gasteiger partial charge in [0.15, 0.2) is 19.7 Å². The summed E-state index contributed by atoms with van der Waals surface area (Å²) in [6.07, 6.45) is -3.53. The van der Waals surface area contributed by atoms with Crippen LogP contribution in [0.4, 0.5) is 30.2 Å². The Balaban J connectivity index is 1.40. The number of benzene rings is 6. The van der Waals surface area contributed by atoms with E-state index in [1.807, 2.05) is 0 Å². The number of sulfone groups is 2. The Morgan fingerprint density at radius 1 is 0.688 bits per heavy atom. The predicted molar refractivity (Wildman–Crippen MR) is 244 cm³/mol. The van der Waals surface area contributed by atoms with E-state index in [-0.39, 0.29) is 56.1 Å². The molecule has 0 atom stereocenters. The SMILES string of the molecule is CS(=O)(=O)c1ccccc1S(=O)(=O)Nc1cc(C(=N)c2ccc(I)cc2)c(N)c(-c2cc(OC(F)(F)F)cc(-c3n[nH]c4ccc(NS(=O)(=O)c5ccccc5S(C)(=O)=O)cc34)c2)c1. The normalized spacial score (nSPS) is 12.5. The van der Waals surface area contributed by atoms with E-state index >= 15 is 0 Å². The van der Waals surface area contributed by atoms with Crippen molar-refractivity contribution in [1.82, 2.24) is 10.2 Å². The maximum Gasteiger partial charge on any atom is 0.573 e. The maximum absolute atomic E-state index is 13.9. The number of nitrogens with one attached hydrogen (secondary N) is 4. The number of aromatic nitrogens is 2. The summed E-state index contributed by atoms with van der Waals surface area (Å²) in [7, 11) is -17.3. The Labute approximate surface area is 378 Å². The second-order valence-electron chi connectivity index (χ2n) is 14.1. The fraction of sp³-hybridized carbons (Fsp3) is 0.0732. The van der Waals surface area contributed by atoms with Crippen molar-refractivity contribution in [1.29, 1.82) is 5.41 Å². The molecule has 64 heavy (non-hydrogen) atoms. The number of sulfonamides is 2. The van der Waals surface area contributed by atoms with E-state index in [9.17, 15) is 46.8 Å². The summed E-state index contributed by atoms with van der Waals surface area (Å²) in [4.78, 5) is -2.08. The van der Waals surface area contributed by atoms with Crippen molar-refractivity contribution in [3.05, 3.63) is 136 Å². The van der Waals surface area contributed by atoms with Crippen LogP contribution in [0.15, 0.2) is 141 Å². The Kier molecular flexibility index (Phi) is 12.1. The summed E-state index contributed by atoms with van der Waals surface area (Å²) in [5.74, 6) is -0.771. The van der Waals surface area contributed by atoms with Crippen molar-refractivity contribution >= 4 is 96.0 Å². The number of ether oxygens (including phenoxy) is 1. The average Bonchev–Trinajstić information content (AvgIpc) is 3.63. The molecule has 0 bridgehead atoms. The van der Waals surface area contributed by atoms with Gasteiger partial charge in [0, 0.05) is 55.1 Å². The van der Waals surface area contributed by atoms with Gasteiger partial charge in [0.1, 0.15) is 21.2 Å². The highest BCUT2D eigenvalue weighted by atomic mass is 127. The van der Waals surface area contributed by atoms with Crippen molar-refractivity contribution in [3.8, 4) is 28.1 Å². The van der Waals surface area contributed by atoms with Gasteiger partial charge in [0.05, 0.1) is 26.7 Å². The number of hydrogen-bond acceptors (Lipinski definition) is 12. The summed E-state index contributed by atoms with van der Waals surface area (Å²) < 4.78 is 157. The lowest BCUT2D eigenvalue weighted by Crippen LogP contribution is -2.18. The molecule has 0 aliphatic rings. The molecule has 0 aliphatic heterocycles. The molecule has 0 amide bonds. The highest BCUT2D eigenvalue weighted by Gasteiger charge is 2.32. The molecule has 6 aromatic carbocycles. The van der Waals surface area contributed by atoms with Crippen LogP contribution in [0.1, 0.15) is 11.1 Å². The van der Waals surface area contributed by atoms with E-state index in [1.165, 1.54) is 60.7 Å². The van der Waals surface area contributed by atoms with E-state index in [4.69, 9.17) is 11.1 Å². The lowest BCUT2D eigenvalue weighted by molar-refractivity contribution is -0.274. The minimum Gasteiger partial charge on any atom is -0.406 e. The molecule has 15 nitrogen and oxygen atoms in total. The second kappa shape index (κ2) is 16.8. The van der Waals surface area contributed by atoms with Gasteiger partial charge in [-0.3, -0.25) is 20.0 Å². The van der Waals surface area contributed by atoms with Gasteiger partial charge in [0.2, 0.25) is 0 Å². The number of fused-ring (bicyclic) bond motifs is 1. The standard InChI is InChI=1S/C41H32F3IN6O9S4/c1-61(52,53)34-7-3-5-9-36(34)63(56,57)50-27-15-16-33-31(20-27)40(49-48-33)25-17-24(18-29(19-25)60-41(42,43)44)30-21-28(22-32(39(30)47)38(46)23-11-13-26(45)14-12-23)51-64(58,59)37-10-6-4-8-35(37)62(2,54)55/h3-22,46,50-51H,47H2,1-2H3,(H,48,49). The lowest BCUT2D eigenvalue weighted by Gasteiger charge is -2.19. The molecule has 0 saturated carbocycles. The molecule has 0 fully saturated rings. The van der Waals surface area contributed by atoms with Gasteiger partial charge in [-0.25, -0.2) is 33.7 Å². The van der Waals surface area contributed by atoms with Crippen LogP contribution in [0.3, 0.4) is 0 Å². The molecule has 7 aromatic rings. The van der Waals surface area contributed by atoms with Crippen LogP contribution in [0.2, 0.25) is 0 Å². The van der Waals surface area contributed by atoms with Gasteiger partial charge in [-0.2, -0.15) is 5.10 Å². The molecule has 6 N–H and O–H groups in total. The third kappa shape index (κ3) is 9.86. The third-order valence-corrected chi connectivity index (χ3v) is 15.6. The Hall–Kier alpha value is -6.02. The fourth-order valence-corrected chi connectivity index (χ4v) is 12.4. The monoisotopic (exact) mass is 1060 g/mol. The number of nitrogens with two attached hydrogens (primary N) is 1. The minimum absolute atomic E-state index is 0.0128. The van der Waals surface area contributed by atoms with Crippen LogP contribution >= 0.6 is 22.6 Å². The lowest BCUT2D eigenvalue weighted by atomic mass is 9.93. The number of hydrogen-bond donors (Lipinski definition) is 5. The van der Waals surface area contributed by atoms with Crippen LogP contribution in [-0.4, -0.2) is 68.5 Å². The largest absolute Gasteiger partial charge is 0.573 e. The molecule has 332 valence electrons. The molecule has 0 spiro atoms. The quantitative estimate of drug-likeness (QED) is 0.0423. The highest BCUT2D eigenvalue weighted by Crippen LogP contribution is 2.41. The van der Waals surface area contributed by atoms with Crippen LogP contribution in [0.5, 0.6) is 5.75 Å². The van der Waals surface area contributed by atoms with Gasteiger partial charge >= 0.3 is 6.36 Å². The van der Waals surface area contributed by atoms with Gasteiger partial charge in [-0.1, -0.05) is 36.4 Å². The smallest absolute Gasteiger partial charge is 0.406 e. The fourth-order valence-electron chi connectivity index (χ4n) is 6.69. The molecule has 1 heterocycles. The van der Waals surface area contributed by atoms with Gasteiger partial charge in [0.25, 0.3) is 20.0 Å². The molecule has 0 saturated heterocycles. The second-order valence-corrected chi connectivity index (χ2v) is 22.7. The zero-order valence-electron chi connectivity index (χ0n) is 32.9. The van der Waals surface area contributed by atoms with E-state index in [2.05, 4.69) is 47.0 Å². The number of H-pyrrole nitrogens is 1. The average molecular weight is 1060 g/mol. The highest BCUT2D eigenvalue weighted by molar-refractivity contribution is 14.1. The van der Waals surface area contributed by atoms with Crippen molar-refractivity contribution in [3.63, 3.8) is 0 Å². The molecule has 0 radical (unpaired) electrons. The zero-order valence-corrected chi connectivity index (χ0v) is 38.3. The number of rotatable bonds is 13. The predicted octanol–water partition coefficient (Wildman–Crippen LogP) is 7.81. The number of anilines is 3. The first kappa shape index (κ1) is 46.0. The summed E-state index contributed by atoms with van der Waals surface area (Å²) >= 11 is 2.06. The first-order valence-corrected chi connectivity index (χ1v) is 26.0. The molecule has 0 aliphatic carbocycles. The molecule has 7 rings (SSSR count). The Bertz CT molecular complexity index is 3500. The number of alkyl halides is 3. The molecule has 0 unspecified atom stereocenters. The van der Waals surface area contributed by atoms with Crippen molar-refractivity contribution in [2.75, 3.05) is 27.7 Å². The number of halogens is 4. The summed E-state index contributed by atoms with van der Waals surface area (Å²) in [6.45, 7) is 0. The maximum atomic E-state index is 13.9. The molecule has 23 heteroatoms. The first-order chi connectivity index (χ1) is 29.8. The number of nitrogens with zero attached hydrogens (tertiary/aromatic N) is 1. The van der Waals surface area contributed by atoms with Crippen molar-refractivity contribution in [2.24, 2.45) is 0 Å². The molecular weight excluding hydrogens is 1030 g/mol. The van der Waals surface area contributed by atoms with Crippen LogP contribution in [0.25, 0.3) is 33.3 Å². The van der Waals surface area contributed by atoms with Crippen LogP contribution in [0, 0.1) is 8.98 Å². The Morgan fingerprint density at radius 3 is 1.77 bits per heavy atom.